The Balaban J connectivity index is 1.29. The summed E-state index contributed by atoms with van der Waals surface area (Å²) in [7, 11) is -13.5. The number of phenols is 1. The number of carbonyl (C=O) groups excluding carboxylic acids is 2. The second-order valence-electron chi connectivity index (χ2n) is 13.1. The van der Waals surface area contributed by atoms with Gasteiger partial charge in [-0.05, 0) is 90.7 Å². The van der Waals surface area contributed by atoms with E-state index in [9.17, 15) is 68.3 Å². The smallest absolute Gasteiger partial charge is 0.394 e. The number of aryl methyl sites for hydroxylation is 1. The molecular formula is C36H27N9O17S3. The molecule has 1 atom stereocenters. The highest BCUT2D eigenvalue weighted by Gasteiger charge is 2.41. The fourth-order valence-electron chi connectivity index (χ4n) is 5.76. The van der Waals surface area contributed by atoms with E-state index in [4.69, 9.17) is 9.84 Å². The van der Waals surface area contributed by atoms with Crippen molar-refractivity contribution in [3.63, 3.8) is 0 Å². The van der Waals surface area contributed by atoms with Gasteiger partial charge in [0.25, 0.3) is 36.3 Å². The molecule has 0 saturated heterocycles. The summed E-state index contributed by atoms with van der Waals surface area (Å²) in [6.07, 6.45) is 0. The number of hydrogen-bond donors (Lipinski definition) is 7. The van der Waals surface area contributed by atoms with Crippen molar-refractivity contribution >= 4 is 110 Å². The molecule has 0 saturated carbocycles. The molecule has 5 aromatic carbocycles. The number of phenolic OH excluding ortho intramolecular Hbond substituents is 1. The van der Waals surface area contributed by atoms with E-state index in [1.54, 1.807) is 0 Å². The molecule has 0 radical (unpaired) electrons. The van der Waals surface area contributed by atoms with E-state index >= 15 is 0 Å². The fraction of sp³-hybridized carbons (Fsp3) is 0.0833. The lowest BCUT2D eigenvalue weighted by molar-refractivity contribution is -0.147. The Morgan fingerprint density at radius 1 is 0.738 bits per heavy atom. The number of amides is 2. The van der Waals surface area contributed by atoms with Crippen molar-refractivity contribution < 1.29 is 78.1 Å². The summed E-state index contributed by atoms with van der Waals surface area (Å²) in [5, 5.41) is 59.4. The van der Waals surface area contributed by atoms with E-state index in [1.165, 1.54) is 44.4 Å². The Morgan fingerprint density at radius 2 is 1.38 bits per heavy atom. The zero-order valence-electron chi connectivity index (χ0n) is 32.6. The number of carboxylic acid groups (broad SMARTS) is 2. The maximum Gasteiger partial charge on any atom is 0.394 e. The molecule has 0 aliphatic carbocycles. The number of hydrogen-bond acceptors (Lipinski definition) is 19. The van der Waals surface area contributed by atoms with E-state index in [1.807, 2.05) is 5.32 Å². The van der Waals surface area contributed by atoms with E-state index in [0.717, 1.165) is 48.5 Å². The summed E-state index contributed by atoms with van der Waals surface area (Å²) in [5.41, 5.74) is -2.16. The fourth-order valence-corrected chi connectivity index (χ4v) is 7.55. The largest absolute Gasteiger partial charge is 0.505 e. The third-order valence-electron chi connectivity index (χ3n) is 8.82. The van der Waals surface area contributed by atoms with Crippen LogP contribution in [0.5, 0.6) is 11.5 Å². The number of azo groups is 3. The van der Waals surface area contributed by atoms with Crippen molar-refractivity contribution in [2.45, 2.75) is 27.7 Å². The highest BCUT2D eigenvalue weighted by molar-refractivity contribution is 7.86. The van der Waals surface area contributed by atoms with Crippen LogP contribution in [-0.4, -0.2) is 96.8 Å². The summed E-state index contributed by atoms with van der Waals surface area (Å²) in [6.45, 7) is 1.49. The number of aromatic hydroxyl groups is 1. The standard InChI is InChI=1S/C36H27N9O17S3/c1-16-11-25(26(62-2)15-24(16)40-39-23-10-4-18(37-33(47)36(51)52)14-27(23)64(56,57)58)41-42-29-28(65(59,60)61)13-17-12-19(3-9-22(17)32(29)46)38-43-30-31(35(49)50)44-45(34(30)48)20-5-7-21(8-6-20)63(53,54)55/h3-15,30,46H,1-2H3,(H,37,47)(H,49,50)(H,51,52)(H,53,54,55)(H,56,57,58)(H,59,60,61). The van der Waals surface area contributed by atoms with Crippen molar-refractivity contribution in [2.24, 2.45) is 35.8 Å². The number of methoxy groups -OCH3 is 1. The van der Waals surface area contributed by atoms with Gasteiger partial charge < -0.3 is 25.4 Å². The minimum atomic E-state index is -5.16. The first-order valence-electron chi connectivity index (χ1n) is 17.5. The maximum absolute atomic E-state index is 13.2. The summed E-state index contributed by atoms with van der Waals surface area (Å²) >= 11 is 0. The third-order valence-corrected chi connectivity index (χ3v) is 11.4. The van der Waals surface area contributed by atoms with Gasteiger partial charge in [0.05, 0.1) is 29.1 Å². The second-order valence-corrected chi connectivity index (χ2v) is 17.3. The molecule has 1 aliphatic heterocycles. The van der Waals surface area contributed by atoms with Crippen LogP contribution in [0.3, 0.4) is 0 Å². The zero-order valence-corrected chi connectivity index (χ0v) is 35.0. The lowest BCUT2D eigenvalue weighted by atomic mass is 10.1. The quantitative estimate of drug-likeness (QED) is 0.0441. The number of benzene rings is 5. The van der Waals surface area contributed by atoms with Crippen LogP contribution in [0.25, 0.3) is 10.8 Å². The molecule has 6 rings (SSSR count). The first-order chi connectivity index (χ1) is 30.4. The third kappa shape index (κ3) is 10.1. The number of hydrazone groups is 1. The topological polar surface area (TPSA) is 403 Å². The number of carbonyl (C=O) groups is 4. The highest BCUT2D eigenvalue weighted by atomic mass is 32.2. The molecule has 1 aliphatic rings. The average Bonchev–Trinajstić information content (AvgIpc) is 3.57. The molecule has 0 bridgehead atoms. The monoisotopic (exact) mass is 953 g/mol. The van der Waals surface area contributed by atoms with Crippen LogP contribution in [0, 0.1) is 6.92 Å². The molecule has 0 spiro atoms. The van der Waals surface area contributed by atoms with Crippen molar-refractivity contribution in [2.75, 3.05) is 17.4 Å². The van der Waals surface area contributed by atoms with Gasteiger partial charge in [-0.25, -0.2) is 9.59 Å². The Morgan fingerprint density at radius 3 is 1.98 bits per heavy atom. The molecule has 5 aromatic rings. The minimum absolute atomic E-state index is 0.0413. The van der Waals surface area contributed by atoms with Gasteiger partial charge in [0.1, 0.15) is 32.6 Å². The van der Waals surface area contributed by atoms with Crippen LogP contribution in [0.1, 0.15) is 5.56 Å². The predicted octanol–water partition coefficient (Wildman–Crippen LogP) is 5.40. The number of ether oxygens (including phenoxy) is 1. The number of nitrogens with zero attached hydrogens (tertiary/aromatic N) is 8. The summed E-state index contributed by atoms with van der Waals surface area (Å²) in [5.74, 6) is -6.88. The number of fused-ring (bicyclic) bond motifs is 1. The van der Waals surface area contributed by atoms with Gasteiger partial charge in [-0.1, -0.05) is 0 Å². The van der Waals surface area contributed by atoms with Gasteiger partial charge in [-0.3, -0.25) is 23.2 Å². The molecule has 1 heterocycles. The average molecular weight is 954 g/mol. The SMILES string of the molecule is COc1cc(N=Nc2ccc(NC(=O)C(=O)O)cc2S(=O)(=O)O)c(C)cc1N=Nc1c(S(=O)(=O)O)cc2cc(N=NC3C(=O)N(c4ccc(S(=O)(=O)O)cc4)N=C3C(=O)O)ccc2c1O. The van der Waals surface area contributed by atoms with Crippen LogP contribution >= 0.6 is 0 Å². The van der Waals surface area contributed by atoms with E-state index in [-0.39, 0.29) is 50.5 Å². The zero-order chi connectivity index (χ0) is 47.8. The summed E-state index contributed by atoms with van der Waals surface area (Å²) < 4.78 is 107. The van der Waals surface area contributed by atoms with Crippen molar-refractivity contribution in [1.82, 2.24) is 0 Å². The van der Waals surface area contributed by atoms with Gasteiger partial charge in [-0.15, -0.1) is 15.3 Å². The molecule has 65 heavy (non-hydrogen) atoms. The lowest BCUT2D eigenvalue weighted by Crippen LogP contribution is -2.33. The molecule has 336 valence electrons. The highest BCUT2D eigenvalue weighted by Crippen LogP contribution is 2.44. The Labute approximate surface area is 364 Å². The van der Waals surface area contributed by atoms with E-state index in [0.29, 0.717) is 5.01 Å². The van der Waals surface area contributed by atoms with Crippen LogP contribution in [0.4, 0.5) is 39.8 Å². The van der Waals surface area contributed by atoms with Crippen molar-refractivity contribution in [3.05, 3.63) is 84.4 Å². The van der Waals surface area contributed by atoms with Gasteiger partial charge >= 0.3 is 17.8 Å². The second kappa shape index (κ2) is 17.7. The number of rotatable bonds is 13. The lowest BCUT2D eigenvalue weighted by Gasteiger charge is -2.12. The Hall–Kier alpha value is -7.96. The van der Waals surface area contributed by atoms with Crippen molar-refractivity contribution in [1.29, 1.82) is 0 Å². The van der Waals surface area contributed by atoms with Gasteiger partial charge in [-0.2, -0.15) is 50.7 Å². The Bertz CT molecular complexity index is 3340. The molecule has 1 unspecified atom stereocenters. The van der Waals surface area contributed by atoms with E-state index < -0.39 is 97.7 Å². The molecule has 29 heteroatoms. The van der Waals surface area contributed by atoms with Crippen LogP contribution in [0.2, 0.25) is 0 Å². The molecular weight excluding hydrogens is 927 g/mol. The minimum Gasteiger partial charge on any atom is -0.505 e. The van der Waals surface area contributed by atoms with Crippen LogP contribution in [-0.2, 0) is 49.5 Å². The molecule has 2 amide bonds. The van der Waals surface area contributed by atoms with E-state index in [2.05, 4.69) is 35.8 Å². The summed E-state index contributed by atoms with van der Waals surface area (Å²) in [6, 6.07) is 12.2. The maximum atomic E-state index is 13.2. The molecule has 0 fully saturated rings. The molecule has 26 nitrogen and oxygen atoms in total. The molecule has 0 aromatic heterocycles. The van der Waals surface area contributed by atoms with Gasteiger partial charge in [0, 0.05) is 17.1 Å². The number of anilines is 2. The van der Waals surface area contributed by atoms with Crippen LogP contribution < -0.4 is 15.1 Å². The first kappa shape index (κ1) is 46.5. The number of aliphatic carboxylic acids is 2. The van der Waals surface area contributed by atoms with Crippen LogP contribution in [0.15, 0.2) is 129 Å². The van der Waals surface area contributed by atoms with Crippen molar-refractivity contribution in [3.8, 4) is 11.5 Å². The predicted molar refractivity (Wildman–Crippen MR) is 221 cm³/mol. The Kier molecular flexibility index (Phi) is 12.6. The first-order valence-corrected chi connectivity index (χ1v) is 21.8. The normalized spacial score (nSPS) is 14.7. The van der Waals surface area contributed by atoms with Gasteiger partial charge in [0.2, 0.25) is 6.04 Å². The summed E-state index contributed by atoms with van der Waals surface area (Å²) in [4.78, 5) is 45.3. The number of nitrogens with one attached hydrogen (secondary N) is 1. The number of carboxylic acids is 2. The molecule has 7 N–H and O–H groups in total. The van der Waals surface area contributed by atoms with Gasteiger partial charge in [0.15, 0.2) is 11.5 Å².